The van der Waals surface area contributed by atoms with E-state index in [0.717, 1.165) is 49.9 Å². The van der Waals surface area contributed by atoms with Crippen molar-refractivity contribution in [3.63, 3.8) is 0 Å². The summed E-state index contributed by atoms with van der Waals surface area (Å²) in [7, 11) is -3.62. The van der Waals surface area contributed by atoms with Crippen molar-refractivity contribution in [2.45, 2.75) is 68.7 Å². The van der Waals surface area contributed by atoms with Gasteiger partial charge in [-0.1, -0.05) is 23.7 Å². The number of carbonyl (C=O) groups is 1. The Morgan fingerprint density at radius 1 is 1.10 bits per heavy atom. The zero-order valence-electron chi connectivity index (χ0n) is 17.4. The van der Waals surface area contributed by atoms with Crippen molar-refractivity contribution < 1.29 is 13.2 Å². The van der Waals surface area contributed by atoms with E-state index in [2.05, 4.69) is 5.32 Å². The van der Waals surface area contributed by atoms with E-state index in [1.165, 1.54) is 19.3 Å². The summed E-state index contributed by atoms with van der Waals surface area (Å²) in [5.41, 5.74) is -0.145. The topological polar surface area (TPSA) is 66.5 Å². The van der Waals surface area contributed by atoms with E-state index in [0.29, 0.717) is 19.5 Å². The average molecular weight is 451 g/mol. The van der Waals surface area contributed by atoms with Gasteiger partial charge in [-0.3, -0.25) is 4.79 Å². The van der Waals surface area contributed by atoms with Gasteiger partial charge < -0.3 is 5.32 Å². The van der Waals surface area contributed by atoms with Gasteiger partial charge in [0.15, 0.2) is 0 Å². The highest BCUT2D eigenvalue weighted by atomic mass is 35.5. The van der Waals surface area contributed by atoms with Gasteiger partial charge in [0.1, 0.15) is 4.90 Å². The molecule has 5 nitrogen and oxygen atoms in total. The van der Waals surface area contributed by atoms with Crippen LogP contribution in [-0.4, -0.2) is 37.8 Å². The number of hydrogen-bond acceptors (Lipinski definition) is 3. The van der Waals surface area contributed by atoms with Gasteiger partial charge in [0.2, 0.25) is 15.9 Å². The summed E-state index contributed by atoms with van der Waals surface area (Å²) >= 11 is 6.17. The highest BCUT2D eigenvalue weighted by Gasteiger charge is 2.54. The molecule has 5 fully saturated rings. The van der Waals surface area contributed by atoms with E-state index in [4.69, 9.17) is 11.6 Å². The number of amides is 1. The summed E-state index contributed by atoms with van der Waals surface area (Å²) in [6.45, 7) is 1.06. The van der Waals surface area contributed by atoms with Crippen molar-refractivity contribution in [3.05, 3.63) is 29.3 Å². The van der Waals surface area contributed by atoms with Crippen molar-refractivity contribution >= 4 is 27.5 Å². The van der Waals surface area contributed by atoms with Crippen LogP contribution in [0, 0.1) is 23.2 Å². The third-order valence-corrected chi connectivity index (χ3v) is 10.5. The van der Waals surface area contributed by atoms with E-state index in [1.54, 1.807) is 28.6 Å². The van der Waals surface area contributed by atoms with Gasteiger partial charge >= 0.3 is 0 Å². The van der Waals surface area contributed by atoms with Crippen LogP contribution < -0.4 is 5.32 Å². The van der Waals surface area contributed by atoms with Crippen molar-refractivity contribution in [3.8, 4) is 0 Å². The van der Waals surface area contributed by atoms with Crippen LogP contribution in [0.1, 0.15) is 57.8 Å². The smallest absolute Gasteiger partial charge is 0.244 e. The van der Waals surface area contributed by atoms with Crippen molar-refractivity contribution in [2.24, 2.45) is 23.2 Å². The van der Waals surface area contributed by atoms with Gasteiger partial charge in [-0.05, 0) is 87.7 Å². The van der Waals surface area contributed by atoms with Gasteiger partial charge in [-0.25, -0.2) is 8.42 Å². The molecule has 1 amide bonds. The summed E-state index contributed by atoms with van der Waals surface area (Å²) in [6.07, 6.45) is 9.47. The molecule has 1 aliphatic heterocycles. The maximum Gasteiger partial charge on any atom is 0.244 e. The fourth-order valence-corrected chi connectivity index (χ4v) is 9.34. The number of halogens is 1. The highest BCUT2D eigenvalue weighted by molar-refractivity contribution is 7.89. The molecule has 4 bridgehead atoms. The van der Waals surface area contributed by atoms with Gasteiger partial charge in [0.05, 0.1) is 5.02 Å². The lowest BCUT2D eigenvalue weighted by Crippen LogP contribution is -2.54. The Balaban J connectivity index is 1.21. The summed E-state index contributed by atoms with van der Waals surface area (Å²) in [4.78, 5) is 13.3. The number of benzene rings is 1. The maximum absolute atomic E-state index is 13.2. The molecule has 1 aromatic rings. The molecule has 4 aliphatic carbocycles. The average Bonchev–Trinajstić information content (AvgIpc) is 3.16. The predicted molar refractivity (Wildman–Crippen MR) is 117 cm³/mol. The summed E-state index contributed by atoms with van der Waals surface area (Å²) < 4.78 is 27.9. The normalized spacial score (nSPS) is 35.6. The standard InChI is InChI=1S/C23H31ClN2O3S/c24-20-5-1-2-6-21(20)30(28,29)26-9-3-4-19(26)7-8-25-22(27)23-13-16-10-17(14-23)12-18(11-16)15-23/h1-2,5-6,16-19H,3-4,7-15H2,(H,25,27). The van der Waals surface area contributed by atoms with Crippen LogP contribution in [-0.2, 0) is 14.8 Å². The molecule has 0 spiro atoms. The minimum atomic E-state index is -3.62. The fraction of sp³-hybridized carbons (Fsp3) is 0.696. The molecule has 1 unspecified atom stereocenters. The number of sulfonamides is 1. The summed E-state index contributed by atoms with van der Waals surface area (Å²) in [5, 5.41) is 3.47. The second-order valence-electron chi connectivity index (χ2n) is 10.1. The predicted octanol–water partition coefficient (Wildman–Crippen LogP) is 4.22. The van der Waals surface area contributed by atoms with Crippen LogP contribution >= 0.6 is 11.6 Å². The fourth-order valence-electron chi connectivity index (χ4n) is 7.12. The van der Waals surface area contributed by atoms with E-state index in [1.807, 2.05) is 0 Å². The highest BCUT2D eigenvalue weighted by Crippen LogP contribution is 2.60. The lowest BCUT2D eigenvalue weighted by molar-refractivity contribution is -0.146. The molecule has 164 valence electrons. The first kappa shape index (κ1) is 20.8. The van der Waals surface area contributed by atoms with Gasteiger partial charge in [-0.2, -0.15) is 4.31 Å². The molecule has 0 radical (unpaired) electrons. The first-order chi connectivity index (χ1) is 14.4. The largest absolute Gasteiger partial charge is 0.356 e. The molecular weight excluding hydrogens is 420 g/mol. The minimum Gasteiger partial charge on any atom is -0.356 e. The van der Waals surface area contributed by atoms with E-state index in [9.17, 15) is 13.2 Å². The van der Waals surface area contributed by atoms with E-state index in [-0.39, 0.29) is 27.3 Å². The second-order valence-corrected chi connectivity index (χ2v) is 12.4. The Hall–Kier alpha value is -1.11. The molecule has 4 saturated carbocycles. The van der Waals surface area contributed by atoms with E-state index < -0.39 is 10.0 Å². The SMILES string of the molecule is O=C(NCCC1CCCN1S(=O)(=O)c1ccccc1Cl)C12CC3CC(CC(C3)C1)C2. The number of rotatable bonds is 6. The van der Waals surface area contributed by atoms with Crippen LogP contribution in [0.3, 0.4) is 0 Å². The maximum atomic E-state index is 13.2. The molecule has 5 aliphatic rings. The molecule has 1 aromatic carbocycles. The molecule has 0 aromatic heterocycles. The number of nitrogens with zero attached hydrogens (tertiary/aromatic N) is 1. The molecule has 1 heterocycles. The molecule has 1 N–H and O–H groups in total. The molecular formula is C23H31ClN2O3S. The molecule has 30 heavy (non-hydrogen) atoms. The number of hydrogen-bond donors (Lipinski definition) is 1. The van der Waals surface area contributed by atoms with Gasteiger partial charge in [0, 0.05) is 24.5 Å². The first-order valence-corrected chi connectivity index (χ1v) is 13.2. The second kappa shape index (κ2) is 7.79. The summed E-state index contributed by atoms with van der Waals surface area (Å²) in [5.74, 6) is 2.45. The zero-order chi connectivity index (χ0) is 20.9. The molecule has 1 atom stereocenters. The Labute approximate surface area is 184 Å². The third-order valence-electron chi connectivity index (χ3n) is 8.03. The Bertz CT molecular complexity index is 897. The lowest BCUT2D eigenvalue weighted by Gasteiger charge is -2.55. The lowest BCUT2D eigenvalue weighted by atomic mass is 9.49. The molecule has 7 heteroatoms. The Kier molecular flexibility index (Phi) is 5.39. The molecule has 6 rings (SSSR count). The van der Waals surface area contributed by atoms with E-state index >= 15 is 0 Å². The van der Waals surface area contributed by atoms with Crippen LogP contribution in [0.2, 0.25) is 5.02 Å². The van der Waals surface area contributed by atoms with Crippen LogP contribution in [0.15, 0.2) is 29.2 Å². The summed E-state index contributed by atoms with van der Waals surface area (Å²) in [6, 6.07) is 6.55. The molecule has 1 saturated heterocycles. The van der Waals surface area contributed by atoms with Crippen LogP contribution in [0.25, 0.3) is 0 Å². The Morgan fingerprint density at radius 2 is 1.73 bits per heavy atom. The first-order valence-electron chi connectivity index (χ1n) is 11.4. The van der Waals surface area contributed by atoms with Crippen molar-refractivity contribution in [1.29, 1.82) is 0 Å². The monoisotopic (exact) mass is 450 g/mol. The van der Waals surface area contributed by atoms with Crippen LogP contribution in [0.5, 0.6) is 0 Å². The number of carbonyl (C=O) groups excluding carboxylic acids is 1. The van der Waals surface area contributed by atoms with Crippen LogP contribution in [0.4, 0.5) is 0 Å². The quantitative estimate of drug-likeness (QED) is 0.705. The van der Waals surface area contributed by atoms with Gasteiger partial charge in [0.25, 0.3) is 0 Å². The third kappa shape index (κ3) is 3.59. The Morgan fingerprint density at radius 3 is 2.37 bits per heavy atom. The van der Waals surface area contributed by atoms with Crippen molar-refractivity contribution in [2.75, 3.05) is 13.1 Å². The zero-order valence-corrected chi connectivity index (χ0v) is 18.9. The van der Waals surface area contributed by atoms with Gasteiger partial charge in [-0.15, -0.1) is 0 Å². The number of nitrogens with one attached hydrogen (secondary N) is 1. The van der Waals surface area contributed by atoms with Crippen molar-refractivity contribution in [1.82, 2.24) is 9.62 Å². The minimum absolute atomic E-state index is 0.0806.